The van der Waals surface area contributed by atoms with Crippen LogP contribution in [0, 0.1) is 5.82 Å². The average molecular weight is 309 g/mol. The minimum Gasteiger partial charge on any atom is -0.388 e. The average Bonchev–Trinajstić information content (AvgIpc) is 2.53. The molecule has 0 saturated carbocycles. The molecule has 0 spiro atoms. The predicted octanol–water partition coefficient (Wildman–Crippen LogP) is 4.98. The minimum atomic E-state index is -0.508. The Hall–Kier alpha value is -0.930. The molecular formula is C19H32FNO. The molecule has 1 atom stereocenters. The maximum Gasteiger partial charge on any atom is 0.123 e. The highest BCUT2D eigenvalue weighted by atomic mass is 19.1. The summed E-state index contributed by atoms with van der Waals surface area (Å²) >= 11 is 0. The third-order valence-corrected chi connectivity index (χ3v) is 4.06. The molecule has 0 radical (unpaired) electrons. The summed E-state index contributed by atoms with van der Waals surface area (Å²) in [6, 6.07) is 6.09. The lowest BCUT2D eigenvalue weighted by Gasteiger charge is -2.11. The van der Waals surface area contributed by atoms with Crippen LogP contribution in [0.3, 0.4) is 0 Å². The molecule has 0 aromatic heterocycles. The van der Waals surface area contributed by atoms with Crippen LogP contribution in [0.5, 0.6) is 0 Å². The van der Waals surface area contributed by atoms with Crippen molar-refractivity contribution in [2.45, 2.75) is 70.8 Å². The molecule has 126 valence electrons. The van der Waals surface area contributed by atoms with Crippen molar-refractivity contribution in [2.24, 2.45) is 0 Å². The van der Waals surface area contributed by atoms with Crippen molar-refractivity contribution in [1.29, 1.82) is 0 Å². The van der Waals surface area contributed by atoms with Crippen molar-refractivity contribution in [3.05, 3.63) is 35.6 Å². The second-order valence-corrected chi connectivity index (χ2v) is 6.08. The molecule has 0 aliphatic rings. The van der Waals surface area contributed by atoms with Gasteiger partial charge in [0.25, 0.3) is 0 Å². The van der Waals surface area contributed by atoms with Crippen molar-refractivity contribution in [3.8, 4) is 0 Å². The van der Waals surface area contributed by atoms with Crippen LogP contribution >= 0.6 is 0 Å². The highest BCUT2D eigenvalue weighted by Crippen LogP contribution is 2.16. The van der Waals surface area contributed by atoms with Gasteiger partial charge in [0.2, 0.25) is 0 Å². The number of aliphatic hydroxyl groups excluding tert-OH is 1. The number of rotatable bonds is 13. The first-order valence-corrected chi connectivity index (χ1v) is 8.88. The Labute approximate surface area is 135 Å². The molecule has 22 heavy (non-hydrogen) atoms. The standard InChI is InChI=1S/C19H32FNO/c1-2-3-4-5-6-7-8-9-15-21-16-14-19(22)17-10-12-18(20)13-11-17/h10-13,19,21-22H,2-9,14-16H2,1H3. The summed E-state index contributed by atoms with van der Waals surface area (Å²) in [5.74, 6) is -0.260. The first-order valence-electron chi connectivity index (χ1n) is 8.88. The molecule has 2 N–H and O–H groups in total. The van der Waals surface area contributed by atoms with E-state index in [1.807, 2.05) is 0 Å². The highest BCUT2D eigenvalue weighted by molar-refractivity contribution is 5.18. The lowest BCUT2D eigenvalue weighted by Crippen LogP contribution is -2.18. The number of halogens is 1. The van der Waals surface area contributed by atoms with Crippen LogP contribution in [0.2, 0.25) is 0 Å². The van der Waals surface area contributed by atoms with Crippen LogP contribution in [0.1, 0.15) is 76.4 Å². The Morgan fingerprint density at radius 2 is 1.50 bits per heavy atom. The van der Waals surface area contributed by atoms with E-state index in [9.17, 15) is 9.50 Å². The van der Waals surface area contributed by atoms with E-state index in [1.54, 1.807) is 12.1 Å². The molecule has 1 aromatic carbocycles. The second kappa shape index (κ2) is 12.6. The van der Waals surface area contributed by atoms with Gasteiger partial charge in [-0.1, -0.05) is 64.0 Å². The number of aliphatic hydroxyl groups is 1. The van der Waals surface area contributed by atoms with Crippen molar-refractivity contribution >= 4 is 0 Å². The number of benzene rings is 1. The van der Waals surface area contributed by atoms with Crippen LogP contribution < -0.4 is 5.32 Å². The van der Waals surface area contributed by atoms with Gasteiger partial charge >= 0.3 is 0 Å². The Balaban J connectivity index is 1.92. The fourth-order valence-electron chi connectivity index (χ4n) is 2.60. The Kier molecular flexibility index (Phi) is 10.9. The Bertz CT molecular complexity index is 366. The van der Waals surface area contributed by atoms with Gasteiger partial charge in [-0.15, -0.1) is 0 Å². The van der Waals surface area contributed by atoms with Crippen molar-refractivity contribution < 1.29 is 9.50 Å². The first-order chi connectivity index (χ1) is 10.7. The zero-order chi connectivity index (χ0) is 16.0. The van der Waals surface area contributed by atoms with Gasteiger partial charge < -0.3 is 10.4 Å². The van der Waals surface area contributed by atoms with Crippen LogP contribution in [-0.4, -0.2) is 18.2 Å². The van der Waals surface area contributed by atoms with E-state index in [1.165, 1.54) is 63.5 Å². The molecule has 0 fully saturated rings. The number of unbranched alkanes of at least 4 members (excludes halogenated alkanes) is 7. The lowest BCUT2D eigenvalue weighted by atomic mass is 10.1. The predicted molar refractivity (Wildman–Crippen MR) is 91.5 cm³/mol. The molecule has 0 aliphatic carbocycles. The molecule has 3 heteroatoms. The summed E-state index contributed by atoms with van der Waals surface area (Å²) in [4.78, 5) is 0. The molecule has 0 bridgehead atoms. The van der Waals surface area contributed by atoms with Gasteiger partial charge in [-0.05, 0) is 43.6 Å². The minimum absolute atomic E-state index is 0.260. The Morgan fingerprint density at radius 3 is 2.14 bits per heavy atom. The van der Waals surface area contributed by atoms with Crippen LogP contribution in [0.15, 0.2) is 24.3 Å². The van der Waals surface area contributed by atoms with Crippen LogP contribution in [-0.2, 0) is 0 Å². The van der Waals surface area contributed by atoms with Crippen LogP contribution in [0.25, 0.3) is 0 Å². The van der Waals surface area contributed by atoms with E-state index < -0.39 is 6.10 Å². The van der Waals surface area contributed by atoms with E-state index in [0.29, 0.717) is 6.42 Å². The van der Waals surface area contributed by atoms with E-state index >= 15 is 0 Å². The van der Waals surface area contributed by atoms with Crippen molar-refractivity contribution in [3.63, 3.8) is 0 Å². The van der Waals surface area contributed by atoms with Gasteiger partial charge in [0, 0.05) is 0 Å². The zero-order valence-corrected chi connectivity index (χ0v) is 14.0. The van der Waals surface area contributed by atoms with E-state index in [0.717, 1.165) is 18.7 Å². The molecule has 2 nitrogen and oxygen atoms in total. The van der Waals surface area contributed by atoms with Gasteiger partial charge in [0.15, 0.2) is 0 Å². The monoisotopic (exact) mass is 309 g/mol. The topological polar surface area (TPSA) is 32.3 Å². The largest absolute Gasteiger partial charge is 0.388 e. The molecule has 0 saturated heterocycles. The fraction of sp³-hybridized carbons (Fsp3) is 0.684. The molecule has 1 unspecified atom stereocenters. The van der Waals surface area contributed by atoms with Gasteiger partial charge in [0.1, 0.15) is 5.82 Å². The van der Waals surface area contributed by atoms with Gasteiger partial charge in [0.05, 0.1) is 6.10 Å². The quantitative estimate of drug-likeness (QED) is 0.504. The smallest absolute Gasteiger partial charge is 0.123 e. The maximum atomic E-state index is 12.8. The third kappa shape index (κ3) is 9.16. The number of hydrogen-bond acceptors (Lipinski definition) is 2. The molecule has 1 rings (SSSR count). The normalized spacial score (nSPS) is 12.5. The van der Waals surface area contributed by atoms with E-state index in [2.05, 4.69) is 12.2 Å². The first kappa shape index (κ1) is 19.1. The fourth-order valence-corrected chi connectivity index (χ4v) is 2.60. The van der Waals surface area contributed by atoms with Crippen LogP contribution in [0.4, 0.5) is 4.39 Å². The highest BCUT2D eigenvalue weighted by Gasteiger charge is 2.06. The van der Waals surface area contributed by atoms with Gasteiger partial charge in [-0.25, -0.2) is 4.39 Å². The lowest BCUT2D eigenvalue weighted by molar-refractivity contribution is 0.167. The van der Waals surface area contributed by atoms with E-state index in [4.69, 9.17) is 0 Å². The molecule has 0 amide bonds. The summed E-state index contributed by atoms with van der Waals surface area (Å²) in [5.41, 5.74) is 0.787. The number of hydrogen-bond donors (Lipinski definition) is 2. The summed E-state index contributed by atoms with van der Waals surface area (Å²) in [6.07, 6.45) is 10.8. The zero-order valence-electron chi connectivity index (χ0n) is 14.0. The third-order valence-electron chi connectivity index (χ3n) is 4.06. The SMILES string of the molecule is CCCCCCCCCCNCCC(O)c1ccc(F)cc1. The Morgan fingerprint density at radius 1 is 0.909 bits per heavy atom. The summed E-state index contributed by atoms with van der Waals surface area (Å²) in [7, 11) is 0. The summed E-state index contributed by atoms with van der Waals surface area (Å²) in [6.45, 7) is 4.07. The molecular weight excluding hydrogens is 277 g/mol. The van der Waals surface area contributed by atoms with Crippen molar-refractivity contribution in [1.82, 2.24) is 5.32 Å². The molecule has 1 aromatic rings. The van der Waals surface area contributed by atoms with Gasteiger partial charge in [-0.2, -0.15) is 0 Å². The number of nitrogens with one attached hydrogen (secondary N) is 1. The summed E-state index contributed by atoms with van der Waals surface area (Å²) < 4.78 is 12.8. The molecule has 0 heterocycles. The summed E-state index contributed by atoms with van der Waals surface area (Å²) in [5, 5.41) is 13.4. The maximum absolute atomic E-state index is 12.8. The van der Waals surface area contributed by atoms with Crippen molar-refractivity contribution in [2.75, 3.05) is 13.1 Å². The van der Waals surface area contributed by atoms with Gasteiger partial charge in [-0.3, -0.25) is 0 Å². The second-order valence-electron chi connectivity index (χ2n) is 6.08. The van der Waals surface area contributed by atoms with E-state index in [-0.39, 0.29) is 5.82 Å². The molecule has 0 aliphatic heterocycles.